The summed E-state index contributed by atoms with van der Waals surface area (Å²) in [5.74, 6) is 0.200. The molecule has 2 aliphatic rings. The second-order valence-corrected chi connectivity index (χ2v) is 6.61. The van der Waals surface area contributed by atoms with Gasteiger partial charge in [-0.15, -0.1) is 0 Å². The minimum Gasteiger partial charge on any atom is -0.385 e. The highest BCUT2D eigenvalue weighted by Crippen LogP contribution is 2.46. The number of nitrogens with zero attached hydrogens (tertiary/aromatic N) is 1. The Balaban J connectivity index is 1.60. The van der Waals surface area contributed by atoms with Crippen LogP contribution in [0.25, 0.3) is 0 Å². The van der Waals surface area contributed by atoms with Crippen LogP contribution in [-0.4, -0.2) is 30.4 Å². The third-order valence-electron chi connectivity index (χ3n) is 5.29. The number of nitrogens with one attached hydrogen (secondary N) is 1. The molecular weight excluding hydrogens is 260 g/mol. The summed E-state index contributed by atoms with van der Waals surface area (Å²) < 4.78 is 0. The van der Waals surface area contributed by atoms with Gasteiger partial charge in [0, 0.05) is 30.9 Å². The van der Waals surface area contributed by atoms with Gasteiger partial charge in [-0.2, -0.15) is 0 Å². The number of piperidine rings is 1. The van der Waals surface area contributed by atoms with Crippen LogP contribution < -0.4 is 5.32 Å². The average Bonchev–Trinajstić information content (AvgIpc) is 2.97. The molecule has 3 heteroatoms. The Hall–Kier alpha value is -1.51. The lowest BCUT2D eigenvalue weighted by atomic mass is 9.77. The van der Waals surface area contributed by atoms with Crippen LogP contribution in [0.2, 0.25) is 0 Å². The highest BCUT2D eigenvalue weighted by molar-refractivity contribution is 5.94. The van der Waals surface area contributed by atoms with Crippen molar-refractivity contribution in [1.29, 1.82) is 0 Å². The van der Waals surface area contributed by atoms with E-state index in [0.717, 1.165) is 30.9 Å². The van der Waals surface area contributed by atoms with Crippen molar-refractivity contribution < 1.29 is 4.79 Å². The molecule has 1 N–H and O–H groups in total. The van der Waals surface area contributed by atoms with E-state index in [1.165, 1.54) is 38.5 Å². The van der Waals surface area contributed by atoms with E-state index in [1.54, 1.807) is 0 Å². The summed E-state index contributed by atoms with van der Waals surface area (Å²) in [6.45, 7) is 4.86. The zero-order chi connectivity index (χ0) is 14.7. The Bertz CT molecular complexity index is 478. The molecule has 0 radical (unpaired) electrons. The number of rotatable bonds is 3. The van der Waals surface area contributed by atoms with Gasteiger partial charge >= 0.3 is 0 Å². The molecule has 1 aromatic rings. The van der Waals surface area contributed by atoms with Gasteiger partial charge in [-0.1, -0.05) is 12.8 Å². The molecule has 0 aromatic heterocycles. The first kappa shape index (κ1) is 14.4. The molecule has 3 rings (SSSR count). The maximum absolute atomic E-state index is 12.6. The van der Waals surface area contributed by atoms with E-state index in [-0.39, 0.29) is 5.91 Å². The van der Waals surface area contributed by atoms with Crippen LogP contribution >= 0.6 is 0 Å². The maximum atomic E-state index is 12.6. The van der Waals surface area contributed by atoms with Gasteiger partial charge in [-0.05, 0) is 62.3 Å². The topological polar surface area (TPSA) is 32.3 Å². The Morgan fingerprint density at radius 2 is 1.71 bits per heavy atom. The third kappa shape index (κ3) is 3.07. The summed E-state index contributed by atoms with van der Waals surface area (Å²) in [6, 6.07) is 7.89. The molecule has 114 valence electrons. The lowest BCUT2D eigenvalue weighted by Gasteiger charge is -2.39. The summed E-state index contributed by atoms with van der Waals surface area (Å²) in [7, 11) is 0. The zero-order valence-corrected chi connectivity index (χ0v) is 13.0. The SMILES string of the molecule is CCNc1ccc(C(=O)N2CCC3(CCCC3)CC2)cc1. The molecule has 1 aliphatic carbocycles. The first-order chi connectivity index (χ1) is 10.2. The van der Waals surface area contributed by atoms with Gasteiger partial charge in [0.1, 0.15) is 0 Å². The van der Waals surface area contributed by atoms with Gasteiger partial charge < -0.3 is 10.2 Å². The van der Waals surface area contributed by atoms with Crippen LogP contribution in [0.5, 0.6) is 0 Å². The monoisotopic (exact) mass is 286 g/mol. The van der Waals surface area contributed by atoms with Crippen LogP contribution in [0.3, 0.4) is 0 Å². The van der Waals surface area contributed by atoms with Crippen molar-refractivity contribution in [1.82, 2.24) is 4.90 Å². The number of hydrogen-bond donors (Lipinski definition) is 1. The largest absolute Gasteiger partial charge is 0.385 e. The van der Waals surface area contributed by atoms with E-state index in [2.05, 4.69) is 12.2 Å². The van der Waals surface area contributed by atoms with Gasteiger partial charge in [0.05, 0.1) is 0 Å². The Labute approximate surface area is 127 Å². The van der Waals surface area contributed by atoms with E-state index < -0.39 is 0 Å². The lowest BCUT2D eigenvalue weighted by molar-refractivity contribution is 0.0587. The lowest BCUT2D eigenvalue weighted by Crippen LogP contribution is -2.42. The number of likely N-dealkylation sites (tertiary alicyclic amines) is 1. The van der Waals surface area contributed by atoms with Gasteiger partial charge in [0.15, 0.2) is 0 Å². The molecule has 1 saturated carbocycles. The zero-order valence-electron chi connectivity index (χ0n) is 13.0. The summed E-state index contributed by atoms with van der Waals surface area (Å²) in [5, 5.41) is 3.26. The third-order valence-corrected chi connectivity index (χ3v) is 5.29. The predicted octanol–water partition coefficient (Wildman–Crippen LogP) is 3.91. The summed E-state index contributed by atoms with van der Waals surface area (Å²) in [5.41, 5.74) is 2.47. The summed E-state index contributed by atoms with van der Waals surface area (Å²) in [4.78, 5) is 14.6. The highest BCUT2D eigenvalue weighted by Gasteiger charge is 2.37. The van der Waals surface area contributed by atoms with Crippen molar-refractivity contribution in [2.24, 2.45) is 5.41 Å². The van der Waals surface area contributed by atoms with Crippen LogP contribution in [0, 0.1) is 5.41 Å². The van der Waals surface area contributed by atoms with E-state index in [0.29, 0.717) is 5.41 Å². The van der Waals surface area contributed by atoms with Crippen LogP contribution in [0.4, 0.5) is 5.69 Å². The van der Waals surface area contributed by atoms with Crippen molar-refractivity contribution in [3.63, 3.8) is 0 Å². The summed E-state index contributed by atoms with van der Waals surface area (Å²) >= 11 is 0. The minimum absolute atomic E-state index is 0.200. The van der Waals surface area contributed by atoms with Gasteiger partial charge in [-0.25, -0.2) is 0 Å². The fraction of sp³-hybridized carbons (Fsp3) is 0.611. The number of benzene rings is 1. The molecule has 1 spiro atoms. The van der Waals surface area contributed by atoms with Crippen molar-refractivity contribution in [2.75, 3.05) is 25.0 Å². The first-order valence-corrected chi connectivity index (χ1v) is 8.36. The van der Waals surface area contributed by atoms with Crippen LogP contribution in [-0.2, 0) is 0 Å². The predicted molar refractivity (Wildman–Crippen MR) is 86.6 cm³/mol. The van der Waals surface area contributed by atoms with Crippen molar-refractivity contribution >= 4 is 11.6 Å². The van der Waals surface area contributed by atoms with E-state index in [9.17, 15) is 4.79 Å². The second-order valence-electron chi connectivity index (χ2n) is 6.61. The van der Waals surface area contributed by atoms with Gasteiger partial charge in [0.2, 0.25) is 0 Å². The second kappa shape index (κ2) is 6.08. The minimum atomic E-state index is 0.200. The smallest absolute Gasteiger partial charge is 0.253 e. The first-order valence-electron chi connectivity index (χ1n) is 8.36. The van der Waals surface area contributed by atoms with E-state index >= 15 is 0 Å². The molecule has 0 bridgehead atoms. The van der Waals surface area contributed by atoms with Crippen LogP contribution in [0.15, 0.2) is 24.3 Å². The molecule has 1 heterocycles. The molecule has 1 saturated heterocycles. The maximum Gasteiger partial charge on any atom is 0.253 e. The van der Waals surface area contributed by atoms with Gasteiger partial charge in [0.25, 0.3) is 5.91 Å². The molecule has 1 amide bonds. The van der Waals surface area contributed by atoms with Gasteiger partial charge in [-0.3, -0.25) is 4.79 Å². The highest BCUT2D eigenvalue weighted by atomic mass is 16.2. The Kier molecular flexibility index (Phi) is 4.18. The molecule has 21 heavy (non-hydrogen) atoms. The van der Waals surface area contributed by atoms with Crippen molar-refractivity contribution in [3.05, 3.63) is 29.8 Å². The number of anilines is 1. The number of carbonyl (C=O) groups excluding carboxylic acids is 1. The fourth-order valence-electron chi connectivity index (χ4n) is 3.93. The molecule has 2 fully saturated rings. The quantitative estimate of drug-likeness (QED) is 0.913. The molecule has 1 aliphatic heterocycles. The normalized spacial score (nSPS) is 20.7. The molecular formula is C18H26N2O. The fourth-order valence-corrected chi connectivity index (χ4v) is 3.93. The van der Waals surface area contributed by atoms with Crippen LogP contribution in [0.1, 0.15) is 55.8 Å². The average molecular weight is 286 g/mol. The van der Waals surface area contributed by atoms with Crippen molar-refractivity contribution in [2.45, 2.75) is 45.4 Å². The Morgan fingerprint density at radius 3 is 2.29 bits per heavy atom. The molecule has 3 nitrogen and oxygen atoms in total. The van der Waals surface area contributed by atoms with Crippen molar-refractivity contribution in [3.8, 4) is 0 Å². The number of amides is 1. The number of hydrogen-bond acceptors (Lipinski definition) is 2. The molecule has 0 atom stereocenters. The molecule has 1 aromatic carbocycles. The van der Waals surface area contributed by atoms with E-state index in [1.807, 2.05) is 29.2 Å². The molecule has 0 unspecified atom stereocenters. The number of carbonyl (C=O) groups is 1. The standard InChI is InChI=1S/C18H26N2O/c1-2-19-16-7-5-15(6-8-16)17(21)20-13-11-18(12-14-20)9-3-4-10-18/h5-8,19H,2-4,9-14H2,1H3. The Morgan fingerprint density at radius 1 is 1.10 bits per heavy atom. The summed E-state index contributed by atoms with van der Waals surface area (Å²) in [6.07, 6.45) is 7.95. The van der Waals surface area contributed by atoms with E-state index in [4.69, 9.17) is 0 Å².